The Morgan fingerprint density at radius 2 is 0.568 bits per heavy atom. The van der Waals surface area contributed by atoms with Gasteiger partial charge < -0.3 is 0 Å². The van der Waals surface area contributed by atoms with Crippen LogP contribution in [0.4, 0.5) is 0 Å². The molecule has 0 amide bonds. The highest BCUT2D eigenvalue weighted by molar-refractivity contribution is 7.26. The van der Waals surface area contributed by atoms with Gasteiger partial charge in [0.05, 0.1) is 66.8 Å². The summed E-state index contributed by atoms with van der Waals surface area (Å²) >= 11 is 5.52. The molecule has 0 aliphatic carbocycles. The zero-order valence-corrected chi connectivity index (χ0v) is 72.8. The number of nitrogens with zero attached hydrogens (tertiary/aromatic N) is 10. The first-order chi connectivity index (χ1) is 65.3. The monoisotopic (exact) mass is 1730 g/mol. The molecule has 610 valence electrons. The van der Waals surface area contributed by atoms with Crippen LogP contribution in [0.5, 0.6) is 0 Å². The fourth-order valence-corrected chi connectivity index (χ4v) is 23.5. The highest BCUT2D eigenvalue weighted by Crippen LogP contribution is 2.48. The summed E-state index contributed by atoms with van der Waals surface area (Å²) in [5.74, 6) is 2.00. The highest BCUT2D eigenvalue weighted by atomic mass is 32.1. The molecule has 13 heteroatoms. The van der Waals surface area contributed by atoms with Crippen LogP contribution in [0, 0.1) is 34.0 Å². The Balaban J connectivity index is 0.000000104. The molecule has 0 N–H and O–H groups in total. The molecule has 28 aromatic rings. The zero-order valence-electron chi connectivity index (χ0n) is 70.3. The van der Waals surface area contributed by atoms with Crippen LogP contribution in [0.25, 0.3) is 253 Å². The third-order valence-electron chi connectivity index (χ3n) is 26.3. The van der Waals surface area contributed by atoms with Crippen molar-refractivity contribution in [2.45, 2.75) is 0 Å². The molecule has 28 rings (SSSR count). The van der Waals surface area contributed by atoms with Crippen LogP contribution >= 0.6 is 34.0 Å². The summed E-state index contributed by atoms with van der Waals surface area (Å²) in [5.41, 5.74) is 19.1. The SMILES string of the molecule is N#Cc1c(-c2ccccc2)c(-n2c3ccc(-c4ccc5sc6ccccc6c5c4)cc3c3c4ccccc4ccc32)nc2ccccc12.N#Cc1cc(-n2c3ccc(-c4ccc5sc6ccccc6c5c4)cc3c3c4ccccc4ccc32)nc2ccccc12.N#Cc1nc(-n2c3ccc(-c4ccc5sc6ccccc6c5c4)cc3c3c4ccccc4ccc32)nc2ccccc12. The molecule has 0 atom stereocenters. The Morgan fingerprint density at radius 1 is 0.220 bits per heavy atom. The van der Waals surface area contributed by atoms with Crippen molar-refractivity contribution in [3.05, 3.63) is 417 Å². The molecule has 0 radical (unpaired) electrons. The molecule has 0 fully saturated rings. The number of thiophene rings is 3. The van der Waals surface area contributed by atoms with Crippen molar-refractivity contribution in [3.8, 4) is 80.3 Å². The van der Waals surface area contributed by atoms with Gasteiger partial charge in [-0.05, 0) is 211 Å². The first-order valence-corrected chi connectivity index (χ1v) is 46.2. The summed E-state index contributed by atoms with van der Waals surface area (Å²) in [6.45, 7) is 0. The lowest BCUT2D eigenvalue weighted by Crippen LogP contribution is -2.04. The van der Waals surface area contributed by atoms with E-state index in [1.807, 2.05) is 131 Å². The number of aromatic nitrogens is 7. The van der Waals surface area contributed by atoms with E-state index in [1.165, 1.54) is 137 Å². The van der Waals surface area contributed by atoms with Gasteiger partial charge in [0.1, 0.15) is 23.8 Å². The Labute approximate surface area is 766 Å². The predicted molar refractivity (Wildman–Crippen MR) is 553 cm³/mol. The van der Waals surface area contributed by atoms with Crippen LogP contribution in [0.3, 0.4) is 0 Å². The van der Waals surface area contributed by atoms with Crippen molar-refractivity contribution in [3.63, 3.8) is 0 Å². The van der Waals surface area contributed by atoms with Crippen LogP contribution in [0.2, 0.25) is 0 Å². The van der Waals surface area contributed by atoms with Crippen molar-refractivity contribution in [2.75, 3.05) is 0 Å². The van der Waals surface area contributed by atoms with Gasteiger partial charge in [-0.3, -0.25) is 13.7 Å². The molecule has 9 heterocycles. The molecule has 0 spiro atoms. The van der Waals surface area contributed by atoms with Crippen LogP contribution < -0.4 is 0 Å². The maximum absolute atomic E-state index is 10.7. The molecule has 9 aromatic heterocycles. The molecular formula is C119H66N10S3. The van der Waals surface area contributed by atoms with E-state index >= 15 is 0 Å². The molecule has 0 aliphatic heterocycles. The van der Waals surface area contributed by atoms with E-state index < -0.39 is 0 Å². The highest BCUT2D eigenvalue weighted by Gasteiger charge is 2.27. The van der Waals surface area contributed by atoms with E-state index in [9.17, 15) is 15.8 Å². The molecule has 19 aromatic carbocycles. The van der Waals surface area contributed by atoms with Gasteiger partial charge in [0.25, 0.3) is 0 Å². The van der Waals surface area contributed by atoms with Gasteiger partial charge in [-0.15, -0.1) is 34.0 Å². The van der Waals surface area contributed by atoms with E-state index in [1.54, 1.807) is 0 Å². The molecular weight excluding hydrogens is 1670 g/mol. The Morgan fingerprint density at radius 3 is 1.03 bits per heavy atom. The van der Waals surface area contributed by atoms with E-state index in [0.717, 1.165) is 110 Å². The first-order valence-electron chi connectivity index (χ1n) is 43.8. The quantitative estimate of drug-likeness (QED) is 0.155. The van der Waals surface area contributed by atoms with Gasteiger partial charge in [0, 0.05) is 115 Å². The summed E-state index contributed by atoms with van der Waals surface area (Å²) in [4.78, 5) is 20.1. The van der Waals surface area contributed by atoms with Gasteiger partial charge in [0.2, 0.25) is 5.95 Å². The van der Waals surface area contributed by atoms with Crippen LogP contribution in [0.15, 0.2) is 400 Å². The summed E-state index contributed by atoms with van der Waals surface area (Å²) < 4.78 is 14.4. The largest absolute Gasteiger partial charge is 0.294 e. The van der Waals surface area contributed by atoms with E-state index in [4.69, 9.17) is 19.9 Å². The topological polar surface area (TPSA) is 138 Å². The average molecular weight is 1730 g/mol. The minimum absolute atomic E-state index is 0.374. The number of rotatable bonds is 7. The fourth-order valence-electron chi connectivity index (χ4n) is 20.3. The minimum Gasteiger partial charge on any atom is -0.294 e. The van der Waals surface area contributed by atoms with Crippen LogP contribution in [0.1, 0.15) is 16.8 Å². The number of hydrogen-bond acceptors (Lipinski definition) is 10. The van der Waals surface area contributed by atoms with Crippen molar-refractivity contribution in [2.24, 2.45) is 0 Å². The fraction of sp³-hybridized carbons (Fsp3) is 0. The van der Waals surface area contributed by atoms with Gasteiger partial charge in [0.15, 0.2) is 5.69 Å². The first kappa shape index (κ1) is 75.9. The maximum Gasteiger partial charge on any atom is 0.236 e. The second-order valence-corrected chi connectivity index (χ2v) is 36.8. The number of nitriles is 3. The second-order valence-electron chi connectivity index (χ2n) is 33.5. The molecule has 0 aliphatic rings. The smallest absolute Gasteiger partial charge is 0.236 e. The summed E-state index contributed by atoms with van der Waals surface area (Å²) in [7, 11) is 0. The average Bonchev–Trinajstić information content (AvgIpc) is 1.62. The van der Waals surface area contributed by atoms with Gasteiger partial charge >= 0.3 is 0 Å². The lowest BCUT2D eigenvalue weighted by Gasteiger charge is -2.16. The Kier molecular flexibility index (Phi) is 17.5. The number of para-hydroxylation sites is 3. The molecule has 0 bridgehead atoms. The van der Waals surface area contributed by atoms with Crippen molar-refractivity contribution >= 4 is 225 Å². The van der Waals surface area contributed by atoms with E-state index in [-0.39, 0.29) is 0 Å². The van der Waals surface area contributed by atoms with Crippen LogP contribution in [-0.4, -0.2) is 33.6 Å². The predicted octanol–water partition coefficient (Wildman–Crippen LogP) is 32.2. The molecule has 0 unspecified atom stereocenters. The van der Waals surface area contributed by atoms with Gasteiger partial charge in [-0.1, -0.05) is 261 Å². The third-order valence-corrected chi connectivity index (χ3v) is 29.8. The normalized spacial score (nSPS) is 11.8. The molecule has 132 heavy (non-hydrogen) atoms. The van der Waals surface area contributed by atoms with Gasteiger partial charge in [-0.2, -0.15) is 15.8 Å². The Bertz CT molecular complexity index is 9590. The molecule has 0 saturated carbocycles. The summed E-state index contributed by atoms with van der Waals surface area (Å²) in [6, 6.07) is 148. The minimum atomic E-state index is 0.374. The van der Waals surface area contributed by atoms with Crippen LogP contribution in [-0.2, 0) is 0 Å². The standard InChI is InChI=1S/C44H25N3S.C38H21N3S.C37H20N4S/c45-26-36-32-14-6-8-16-37(32)46-44(42(36)28-11-2-1-3-12-28)47-38-21-19-29(25-35(38)43-31-13-5-4-10-27(31)18-22-39(43)47)30-20-23-41-34(24-30)33-15-7-9-17-40(33)48-41;39-22-26-21-37(40-32-11-5-3-8-27(26)32)41-33-16-14-24(20-31(33)38-28-9-2-1-7-23(28)13-17-34(38)41)25-15-18-36-30(19-25)29-10-4-6-12-35(29)42-36;38-21-31-27-10-3-5-11-30(27)39-37(40-31)41-32-16-14-23(20-29(32)36-25-8-2-1-7-22(25)13-17-33(36)41)24-15-18-35-28(19-24)26-9-4-6-12-34(26)42-35/h1-25H;1-21H;1-20H. The summed E-state index contributed by atoms with van der Waals surface area (Å²) in [6.07, 6.45) is 0. The van der Waals surface area contributed by atoms with E-state index in [0.29, 0.717) is 22.8 Å². The Hall–Kier alpha value is -17.4. The lowest BCUT2D eigenvalue weighted by molar-refractivity contribution is 1.00. The number of benzene rings is 19. The molecule has 0 saturated heterocycles. The summed E-state index contributed by atoms with van der Waals surface area (Å²) in [5, 5.41) is 55.0. The third kappa shape index (κ3) is 12.1. The van der Waals surface area contributed by atoms with Crippen molar-refractivity contribution < 1.29 is 0 Å². The number of hydrogen-bond donors (Lipinski definition) is 0. The maximum atomic E-state index is 10.7. The number of pyridine rings is 2. The second kappa shape index (κ2) is 30.4. The zero-order chi connectivity index (χ0) is 87.3. The van der Waals surface area contributed by atoms with Gasteiger partial charge in [-0.25, -0.2) is 19.9 Å². The van der Waals surface area contributed by atoms with Crippen molar-refractivity contribution in [1.29, 1.82) is 15.8 Å². The van der Waals surface area contributed by atoms with Crippen molar-refractivity contribution in [1.82, 2.24) is 33.6 Å². The molecule has 10 nitrogen and oxygen atoms in total. The van der Waals surface area contributed by atoms with E-state index in [2.05, 4.69) is 335 Å². The lowest BCUT2D eigenvalue weighted by atomic mass is 9.97. The number of fused-ring (bicyclic) bond motifs is 27.